The topological polar surface area (TPSA) is 115 Å². The van der Waals surface area contributed by atoms with Gasteiger partial charge in [-0.05, 0) is 36.5 Å². The highest BCUT2D eigenvalue weighted by Crippen LogP contribution is 2.55. The monoisotopic (exact) mass is 386 g/mol. The van der Waals surface area contributed by atoms with Gasteiger partial charge in [0.2, 0.25) is 11.7 Å². The Morgan fingerprint density at radius 1 is 1.36 bits per heavy atom. The summed E-state index contributed by atoms with van der Waals surface area (Å²) in [5.74, 6) is -1.46. The lowest BCUT2D eigenvalue weighted by Crippen LogP contribution is -2.47. The van der Waals surface area contributed by atoms with E-state index >= 15 is 0 Å². The number of amides is 2. The zero-order valence-electron chi connectivity index (χ0n) is 15.2. The van der Waals surface area contributed by atoms with E-state index in [0.29, 0.717) is 30.9 Å². The molecule has 8 nitrogen and oxygen atoms in total. The minimum absolute atomic E-state index is 0.0785. The third-order valence-corrected chi connectivity index (χ3v) is 5.51. The van der Waals surface area contributed by atoms with Crippen molar-refractivity contribution in [1.82, 2.24) is 20.2 Å². The normalized spacial score (nSPS) is 22.6. The lowest BCUT2D eigenvalue weighted by atomic mass is 9.72. The Hall–Kier alpha value is -3.23. The summed E-state index contributed by atoms with van der Waals surface area (Å²) in [4.78, 5) is 45.1. The summed E-state index contributed by atoms with van der Waals surface area (Å²) in [6.45, 7) is 2.12. The first-order chi connectivity index (χ1) is 13.3. The van der Waals surface area contributed by atoms with Crippen molar-refractivity contribution in [1.29, 1.82) is 0 Å². The van der Waals surface area contributed by atoms with Gasteiger partial charge in [-0.25, -0.2) is 9.37 Å². The number of aromatic nitrogens is 2. The molecular weight excluding hydrogens is 367 g/mol. The average Bonchev–Trinajstić information content (AvgIpc) is 3.20. The van der Waals surface area contributed by atoms with E-state index in [1.165, 1.54) is 31.2 Å². The van der Waals surface area contributed by atoms with Gasteiger partial charge in [0.1, 0.15) is 17.2 Å². The highest BCUT2D eigenvalue weighted by molar-refractivity contribution is 5.94. The number of halogens is 1. The first-order valence-electron chi connectivity index (χ1n) is 8.95. The van der Waals surface area contributed by atoms with Gasteiger partial charge in [-0.2, -0.15) is 0 Å². The molecular formula is C19H19FN4O4. The molecule has 3 aliphatic rings. The first kappa shape index (κ1) is 18.1. The Morgan fingerprint density at radius 3 is 2.68 bits per heavy atom. The maximum atomic E-state index is 13.0. The lowest BCUT2D eigenvalue weighted by Gasteiger charge is -2.40. The number of aromatic hydroxyl groups is 1. The van der Waals surface area contributed by atoms with Crippen molar-refractivity contribution in [3.8, 4) is 5.75 Å². The molecule has 3 heterocycles. The minimum atomic E-state index is -0.829. The van der Waals surface area contributed by atoms with E-state index in [9.17, 15) is 23.9 Å². The van der Waals surface area contributed by atoms with Gasteiger partial charge in [-0.3, -0.25) is 14.4 Å². The van der Waals surface area contributed by atoms with Crippen LogP contribution < -0.4 is 10.9 Å². The molecule has 1 saturated carbocycles. The highest BCUT2D eigenvalue weighted by atomic mass is 19.1. The Labute approximate surface area is 159 Å². The van der Waals surface area contributed by atoms with Crippen LogP contribution in [0.5, 0.6) is 5.75 Å². The van der Waals surface area contributed by atoms with Crippen molar-refractivity contribution in [3.05, 3.63) is 57.5 Å². The summed E-state index contributed by atoms with van der Waals surface area (Å²) in [5, 5.41) is 12.6. The van der Waals surface area contributed by atoms with Crippen LogP contribution in [0.3, 0.4) is 0 Å². The first-order valence-corrected chi connectivity index (χ1v) is 8.95. The number of nitrogens with zero attached hydrogens (tertiary/aromatic N) is 2. The molecule has 3 fully saturated rings. The van der Waals surface area contributed by atoms with Crippen LogP contribution in [0.4, 0.5) is 4.39 Å². The van der Waals surface area contributed by atoms with E-state index in [-0.39, 0.29) is 18.3 Å². The lowest BCUT2D eigenvalue weighted by molar-refractivity contribution is -0.133. The molecule has 1 aromatic carbocycles. The molecule has 0 radical (unpaired) electrons. The van der Waals surface area contributed by atoms with Crippen LogP contribution in [-0.2, 0) is 16.9 Å². The summed E-state index contributed by atoms with van der Waals surface area (Å²) < 4.78 is 13.0. The van der Waals surface area contributed by atoms with E-state index in [1.807, 2.05) is 0 Å². The van der Waals surface area contributed by atoms with E-state index in [4.69, 9.17) is 0 Å². The van der Waals surface area contributed by atoms with Crippen molar-refractivity contribution >= 4 is 11.8 Å². The molecule has 2 aromatic rings. The molecule has 1 aliphatic carbocycles. The van der Waals surface area contributed by atoms with Crippen LogP contribution in [-0.4, -0.2) is 38.3 Å². The Balaban J connectivity index is 1.61. The second-order valence-electron chi connectivity index (χ2n) is 7.36. The van der Waals surface area contributed by atoms with E-state index in [0.717, 1.165) is 0 Å². The molecule has 3 N–H and O–H groups in total. The number of carbonyl (C=O) groups excluding carboxylic acids is 2. The molecule has 9 heteroatoms. The number of carbonyl (C=O) groups is 2. The van der Waals surface area contributed by atoms with Crippen LogP contribution in [0.25, 0.3) is 0 Å². The maximum Gasteiger partial charge on any atom is 0.294 e. The van der Waals surface area contributed by atoms with Gasteiger partial charge in [0.25, 0.3) is 11.5 Å². The van der Waals surface area contributed by atoms with Gasteiger partial charge in [-0.1, -0.05) is 12.1 Å². The van der Waals surface area contributed by atoms with Crippen LogP contribution in [0.2, 0.25) is 0 Å². The van der Waals surface area contributed by atoms with Crippen molar-refractivity contribution in [3.63, 3.8) is 0 Å². The molecule has 2 saturated heterocycles. The van der Waals surface area contributed by atoms with Crippen molar-refractivity contribution < 1.29 is 19.1 Å². The molecule has 2 aliphatic heterocycles. The Morgan fingerprint density at radius 2 is 2.04 bits per heavy atom. The molecule has 0 atom stereocenters. The number of rotatable bonds is 4. The molecule has 2 bridgehead atoms. The smallest absolute Gasteiger partial charge is 0.294 e. The second-order valence-corrected chi connectivity index (χ2v) is 7.36. The second kappa shape index (κ2) is 6.43. The Bertz CT molecular complexity index is 1010. The summed E-state index contributed by atoms with van der Waals surface area (Å²) in [7, 11) is 0. The predicted octanol–water partition coefficient (Wildman–Crippen LogP) is 1.01. The van der Waals surface area contributed by atoms with Crippen LogP contribution in [0, 0.1) is 11.7 Å². The fourth-order valence-corrected chi connectivity index (χ4v) is 4.14. The zero-order valence-corrected chi connectivity index (χ0v) is 15.2. The van der Waals surface area contributed by atoms with Gasteiger partial charge >= 0.3 is 0 Å². The Kier molecular flexibility index (Phi) is 4.17. The third kappa shape index (κ3) is 2.83. The number of benzene rings is 1. The predicted molar refractivity (Wildman–Crippen MR) is 95.9 cm³/mol. The molecule has 146 valence electrons. The van der Waals surface area contributed by atoms with Gasteiger partial charge in [0.05, 0.1) is 0 Å². The van der Waals surface area contributed by atoms with Crippen LogP contribution >= 0.6 is 0 Å². The molecule has 5 rings (SSSR count). The fraction of sp³-hybridized carbons (Fsp3) is 0.368. The van der Waals surface area contributed by atoms with Gasteiger partial charge in [0.15, 0.2) is 5.69 Å². The molecule has 28 heavy (non-hydrogen) atoms. The quantitative estimate of drug-likeness (QED) is 0.725. The van der Waals surface area contributed by atoms with Crippen molar-refractivity contribution in [2.75, 3.05) is 6.54 Å². The summed E-state index contributed by atoms with van der Waals surface area (Å²) in [6.07, 6.45) is 1.33. The molecule has 0 unspecified atom stereocenters. The number of hydrogen-bond acceptors (Lipinski definition) is 5. The number of fused-ring (bicyclic) bond motifs is 1. The highest BCUT2D eigenvalue weighted by Gasteiger charge is 2.59. The summed E-state index contributed by atoms with van der Waals surface area (Å²) in [6, 6.07) is 5.57. The van der Waals surface area contributed by atoms with Crippen LogP contribution in [0.15, 0.2) is 29.1 Å². The maximum absolute atomic E-state index is 13.0. The number of hydrogen-bond donors (Lipinski definition) is 3. The summed E-state index contributed by atoms with van der Waals surface area (Å²) in [5.41, 5.74) is -1.30. The van der Waals surface area contributed by atoms with Gasteiger partial charge < -0.3 is 20.3 Å². The molecule has 0 spiro atoms. The van der Waals surface area contributed by atoms with Gasteiger partial charge in [-0.15, -0.1) is 0 Å². The van der Waals surface area contributed by atoms with E-state index < -0.39 is 34.3 Å². The van der Waals surface area contributed by atoms with E-state index in [2.05, 4.69) is 15.3 Å². The SMILES string of the molecule is CC(=O)N1CC2CC1(c1nc(C(=O)NCc3ccc(F)cc3)c(O)c(=O)[nH]1)C2. The number of H-pyrrole nitrogens is 1. The van der Waals surface area contributed by atoms with Crippen molar-refractivity contribution in [2.45, 2.75) is 31.8 Å². The number of aromatic amines is 1. The van der Waals surface area contributed by atoms with Crippen molar-refractivity contribution in [2.24, 2.45) is 5.92 Å². The summed E-state index contributed by atoms with van der Waals surface area (Å²) >= 11 is 0. The fourth-order valence-electron chi connectivity index (χ4n) is 4.14. The molecule has 2 amide bonds. The molecule has 1 aromatic heterocycles. The standard InChI is InChI=1S/C19H19FN4O4/c1-10(25)24-9-12-6-19(24,7-12)18-22-14(15(26)17(28)23-18)16(27)21-8-11-2-4-13(20)5-3-11/h2-5,12,26H,6-9H2,1H3,(H,21,27)(H,22,23,28). The van der Waals surface area contributed by atoms with Gasteiger partial charge in [0, 0.05) is 20.0 Å². The third-order valence-electron chi connectivity index (χ3n) is 5.51. The minimum Gasteiger partial charge on any atom is -0.501 e. The van der Waals surface area contributed by atoms with Crippen LogP contribution in [0.1, 0.15) is 41.6 Å². The number of nitrogens with one attached hydrogen (secondary N) is 2. The zero-order chi connectivity index (χ0) is 20.1. The largest absolute Gasteiger partial charge is 0.501 e. The average molecular weight is 386 g/mol. The van der Waals surface area contributed by atoms with E-state index in [1.54, 1.807) is 4.90 Å².